The number of amides is 3. The number of allylic oxidation sites excluding steroid dienone is 3. The number of β-lactam (4-membered cyclic amide) rings is 1. The molecule has 30 heavy (non-hydrogen) atoms. The number of hydrogen-bond donors (Lipinski definition) is 3. The van der Waals surface area contributed by atoms with E-state index in [1.165, 1.54) is 0 Å². The summed E-state index contributed by atoms with van der Waals surface area (Å²) in [5, 5.41) is 23.4. The van der Waals surface area contributed by atoms with E-state index in [0.29, 0.717) is 17.9 Å². The van der Waals surface area contributed by atoms with Crippen molar-refractivity contribution in [1.29, 1.82) is 0 Å². The normalized spacial score (nSPS) is 29.1. The van der Waals surface area contributed by atoms with E-state index in [9.17, 15) is 19.8 Å². The molecule has 1 fully saturated rings. The van der Waals surface area contributed by atoms with Crippen LogP contribution < -0.4 is 5.32 Å². The number of urea groups is 1. The molecule has 1 aliphatic heterocycles. The Morgan fingerprint density at radius 2 is 1.87 bits per heavy atom. The summed E-state index contributed by atoms with van der Waals surface area (Å²) in [6.07, 6.45) is 7.15. The van der Waals surface area contributed by atoms with Gasteiger partial charge >= 0.3 is 6.03 Å². The highest BCUT2D eigenvalue weighted by Crippen LogP contribution is 2.44. The lowest BCUT2D eigenvalue weighted by Crippen LogP contribution is -2.75. The number of nitrogens with zero attached hydrogens (tertiary/aromatic N) is 1. The van der Waals surface area contributed by atoms with Crippen LogP contribution in [0.4, 0.5) is 4.79 Å². The second-order valence-corrected chi connectivity index (χ2v) is 8.96. The van der Waals surface area contributed by atoms with Crippen LogP contribution in [0.5, 0.6) is 0 Å². The molecule has 5 atom stereocenters. The molecule has 3 amide bonds. The number of imide groups is 1. The van der Waals surface area contributed by atoms with Gasteiger partial charge in [0.05, 0.1) is 5.41 Å². The average Bonchev–Trinajstić information content (AvgIpc) is 2.70. The first-order valence-electron chi connectivity index (χ1n) is 10.2. The van der Waals surface area contributed by atoms with Gasteiger partial charge in [0, 0.05) is 17.0 Å². The summed E-state index contributed by atoms with van der Waals surface area (Å²) in [6, 6.07) is 5.50. The van der Waals surface area contributed by atoms with E-state index in [1.807, 2.05) is 37.3 Å². The minimum Gasteiger partial charge on any atom is -0.366 e. The van der Waals surface area contributed by atoms with Gasteiger partial charge < -0.3 is 15.5 Å². The lowest BCUT2D eigenvalue weighted by molar-refractivity contribution is -0.198. The number of hydrogen-bond acceptors (Lipinski definition) is 4. The zero-order valence-corrected chi connectivity index (χ0v) is 18.2. The summed E-state index contributed by atoms with van der Waals surface area (Å²) in [5.41, 5.74) is -0.0444. The summed E-state index contributed by atoms with van der Waals surface area (Å²) in [7, 11) is 0. The number of carbonyl (C=O) groups excluding carboxylic acids is 2. The van der Waals surface area contributed by atoms with Crippen LogP contribution in [-0.4, -0.2) is 45.4 Å². The van der Waals surface area contributed by atoms with Crippen molar-refractivity contribution in [2.24, 2.45) is 17.3 Å². The van der Waals surface area contributed by atoms with E-state index < -0.39 is 29.7 Å². The van der Waals surface area contributed by atoms with E-state index in [-0.39, 0.29) is 17.9 Å². The predicted octanol–water partition coefficient (Wildman–Crippen LogP) is 3.28. The lowest BCUT2D eigenvalue weighted by Gasteiger charge is -2.54. The first kappa shape index (κ1) is 22.5. The molecule has 0 spiro atoms. The van der Waals surface area contributed by atoms with Crippen LogP contribution in [0.1, 0.15) is 32.8 Å². The number of carbonyl (C=O) groups is 2. The summed E-state index contributed by atoms with van der Waals surface area (Å²) < 4.78 is 0. The van der Waals surface area contributed by atoms with Crippen molar-refractivity contribution in [3.63, 3.8) is 0 Å². The van der Waals surface area contributed by atoms with E-state index >= 15 is 0 Å². The summed E-state index contributed by atoms with van der Waals surface area (Å²) in [5.74, 6) is -0.0447. The third-order valence-electron chi connectivity index (χ3n) is 6.38. The average molecular weight is 433 g/mol. The van der Waals surface area contributed by atoms with Gasteiger partial charge in [-0.2, -0.15) is 0 Å². The highest BCUT2D eigenvalue weighted by Gasteiger charge is 2.62. The maximum absolute atomic E-state index is 12.9. The molecule has 1 heterocycles. The fraction of sp³-hybridized carbons (Fsp3) is 0.478. The SMILES string of the molecule is CC1C=CC=CC1[C@@H](C)NC(=O)N1C(=O)[C@](C)(CCc2ccc(Cl)cc2)[C@H]1C(O)O. The molecule has 1 aromatic carbocycles. The molecular weight excluding hydrogens is 404 g/mol. The molecule has 0 radical (unpaired) electrons. The minimum absolute atomic E-state index is 0.101. The van der Waals surface area contributed by atoms with Gasteiger partial charge in [0.25, 0.3) is 0 Å². The van der Waals surface area contributed by atoms with Crippen LogP contribution in [0.15, 0.2) is 48.6 Å². The van der Waals surface area contributed by atoms with Gasteiger partial charge in [-0.3, -0.25) is 9.69 Å². The van der Waals surface area contributed by atoms with Crippen LogP contribution in [0, 0.1) is 17.3 Å². The molecule has 2 unspecified atom stereocenters. The molecule has 3 N–H and O–H groups in total. The maximum atomic E-state index is 12.9. The van der Waals surface area contributed by atoms with Crippen LogP contribution in [0.3, 0.4) is 0 Å². The lowest BCUT2D eigenvalue weighted by atomic mass is 9.68. The van der Waals surface area contributed by atoms with Gasteiger partial charge in [-0.1, -0.05) is 55.0 Å². The molecule has 7 heteroatoms. The first-order valence-corrected chi connectivity index (χ1v) is 10.6. The number of halogens is 1. The van der Waals surface area contributed by atoms with E-state index in [2.05, 4.69) is 18.3 Å². The highest BCUT2D eigenvalue weighted by atomic mass is 35.5. The van der Waals surface area contributed by atoms with E-state index in [0.717, 1.165) is 10.5 Å². The molecule has 2 aliphatic rings. The Morgan fingerprint density at radius 3 is 2.47 bits per heavy atom. The molecule has 3 rings (SSSR count). The number of likely N-dealkylation sites (tertiary alicyclic amines) is 1. The second kappa shape index (κ2) is 8.92. The Morgan fingerprint density at radius 1 is 1.23 bits per heavy atom. The topological polar surface area (TPSA) is 89.9 Å². The van der Waals surface area contributed by atoms with Gasteiger partial charge in [0.15, 0.2) is 6.29 Å². The molecule has 1 aliphatic carbocycles. The predicted molar refractivity (Wildman–Crippen MR) is 116 cm³/mol. The summed E-state index contributed by atoms with van der Waals surface area (Å²) >= 11 is 5.91. The number of benzene rings is 1. The third-order valence-corrected chi connectivity index (χ3v) is 6.63. The van der Waals surface area contributed by atoms with E-state index in [4.69, 9.17) is 11.6 Å². The summed E-state index contributed by atoms with van der Waals surface area (Å²) in [4.78, 5) is 26.7. The molecule has 162 valence electrons. The van der Waals surface area contributed by atoms with Gasteiger partial charge in [-0.15, -0.1) is 0 Å². The second-order valence-electron chi connectivity index (χ2n) is 8.52. The monoisotopic (exact) mass is 432 g/mol. The van der Waals surface area contributed by atoms with Crippen molar-refractivity contribution in [3.8, 4) is 0 Å². The smallest absolute Gasteiger partial charge is 0.324 e. The van der Waals surface area contributed by atoms with Crippen LogP contribution >= 0.6 is 11.6 Å². The fourth-order valence-electron chi connectivity index (χ4n) is 4.46. The number of aliphatic hydroxyl groups is 2. The van der Waals surface area contributed by atoms with Crippen molar-refractivity contribution in [2.45, 2.75) is 52.0 Å². The van der Waals surface area contributed by atoms with Crippen molar-refractivity contribution in [2.75, 3.05) is 0 Å². The molecule has 0 bridgehead atoms. The molecule has 6 nitrogen and oxygen atoms in total. The third kappa shape index (κ3) is 4.31. The highest BCUT2D eigenvalue weighted by molar-refractivity contribution is 6.30. The van der Waals surface area contributed by atoms with Crippen molar-refractivity contribution < 1.29 is 19.8 Å². The Balaban J connectivity index is 1.67. The molecule has 1 saturated heterocycles. The first-order chi connectivity index (χ1) is 14.1. The van der Waals surface area contributed by atoms with Gasteiger partial charge in [0.2, 0.25) is 5.91 Å². The molecular formula is C23H29ClN2O4. The number of aliphatic hydroxyl groups excluding tert-OH is 1. The van der Waals surface area contributed by atoms with Gasteiger partial charge in [-0.05, 0) is 50.3 Å². The maximum Gasteiger partial charge on any atom is 0.324 e. The van der Waals surface area contributed by atoms with Crippen LogP contribution in [0.2, 0.25) is 5.02 Å². The van der Waals surface area contributed by atoms with Gasteiger partial charge in [-0.25, -0.2) is 4.79 Å². The zero-order valence-electron chi connectivity index (χ0n) is 17.5. The van der Waals surface area contributed by atoms with Crippen LogP contribution in [-0.2, 0) is 11.2 Å². The van der Waals surface area contributed by atoms with E-state index in [1.54, 1.807) is 19.1 Å². The molecule has 0 aromatic heterocycles. The Hall–Kier alpha value is -2.15. The van der Waals surface area contributed by atoms with Crippen molar-refractivity contribution in [3.05, 3.63) is 59.2 Å². The Bertz CT molecular complexity index is 851. The number of rotatable bonds is 6. The summed E-state index contributed by atoms with van der Waals surface area (Å²) in [6.45, 7) is 5.63. The molecule has 0 saturated carbocycles. The largest absolute Gasteiger partial charge is 0.366 e. The Kier molecular flexibility index (Phi) is 6.70. The van der Waals surface area contributed by atoms with Crippen LogP contribution in [0.25, 0.3) is 0 Å². The number of aryl methyl sites for hydroxylation is 1. The number of nitrogens with one attached hydrogen (secondary N) is 1. The molecule has 1 aromatic rings. The van der Waals surface area contributed by atoms with Crippen molar-refractivity contribution in [1.82, 2.24) is 10.2 Å². The standard InChI is InChI=1S/C23H29ClN2O4/c1-14-6-4-5-7-18(14)15(2)25-22(30)26-19(20(27)28)23(3,21(26)29)13-12-16-8-10-17(24)11-9-16/h4-11,14-15,18-20,27-28H,12-13H2,1-3H3,(H,25,30)/t14?,15-,18?,19-,23-/m1/s1. The minimum atomic E-state index is -1.81. The van der Waals surface area contributed by atoms with Gasteiger partial charge in [0.1, 0.15) is 6.04 Å². The fourth-order valence-corrected chi connectivity index (χ4v) is 4.58. The zero-order chi connectivity index (χ0) is 22.1. The Labute approximate surface area is 182 Å². The van der Waals surface area contributed by atoms with Crippen molar-refractivity contribution >= 4 is 23.5 Å². The quantitative estimate of drug-likeness (QED) is 0.475.